The SMILES string of the molecule is CS(=O)(=O)c1ccc(CNC(=O)[C@@H]2COC(=O)N2Cc2ccc(F)cc2)cc1. The highest BCUT2D eigenvalue weighted by molar-refractivity contribution is 7.90. The minimum atomic E-state index is -3.28. The molecule has 0 aliphatic carbocycles. The van der Waals surface area contributed by atoms with E-state index in [0.717, 1.165) is 11.8 Å². The molecule has 1 fully saturated rings. The first kappa shape index (κ1) is 19.8. The van der Waals surface area contributed by atoms with Crippen LogP contribution in [0.15, 0.2) is 53.4 Å². The van der Waals surface area contributed by atoms with E-state index in [1.807, 2.05) is 0 Å². The van der Waals surface area contributed by atoms with E-state index in [9.17, 15) is 22.4 Å². The highest BCUT2D eigenvalue weighted by Crippen LogP contribution is 2.17. The second kappa shape index (κ2) is 7.97. The lowest BCUT2D eigenvalue weighted by molar-refractivity contribution is -0.125. The summed E-state index contributed by atoms with van der Waals surface area (Å²) in [6.45, 7) is 0.233. The molecule has 7 nitrogen and oxygen atoms in total. The molecule has 1 atom stereocenters. The Morgan fingerprint density at radius 3 is 2.36 bits per heavy atom. The van der Waals surface area contributed by atoms with Crippen molar-refractivity contribution in [3.63, 3.8) is 0 Å². The van der Waals surface area contributed by atoms with E-state index in [2.05, 4.69) is 5.32 Å². The van der Waals surface area contributed by atoms with Crippen LogP contribution in [0.25, 0.3) is 0 Å². The zero-order chi connectivity index (χ0) is 20.3. The van der Waals surface area contributed by atoms with E-state index in [0.29, 0.717) is 5.56 Å². The normalized spacial score (nSPS) is 16.7. The van der Waals surface area contributed by atoms with Crippen LogP contribution in [0.4, 0.5) is 9.18 Å². The highest BCUT2D eigenvalue weighted by atomic mass is 32.2. The molecule has 2 amide bonds. The van der Waals surface area contributed by atoms with Crippen molar-refractivity contribution in [3.8, 4) is 0 Å². The molecule has 148 valence electrons. The average molecular weight is 406 g/mol. The van der Waals surface area contributed by atoms with Crippen molar-refractivity contribution in [1.82, 2.24) is 10.2 Å². The summed E-state index contributed by atoms with van der Waals surface area (Å²) >= 11 is 0. The third kappa shape index (κ3) is 4.66. The van der Waals surface area contributed by atoms with Gasteiger partial charge in [-0.3, -0.25) is 9.69 Å². The van der Waals surface area contributed by atoms with Crippen LogP contribution in [0.1, 0.15) is 11.1 Å². The molecular weight excluding hydrogens is 387 g/mol. The van der Waals surface area contributed by atoms with Crippen LogP contribution >= 0.6 is 0 Å². The van der Waals surface area contributed by atoms with Crippen molar-refractivity contribution in [3.05, 3.63) is 65.5 Å². The second-order valence-corrected chi connectivity index (χ2v) is 8.50. The Bertz CT molecular complexity index is 974. The predicted octanol–water partition coefficient (Wildman–Crippen LogP) is 1.87. The Morgan fingerprint density at radius 1 is 1.14 bits per heavy atom. The number of amides is 2. The number of rotatable bonds is 6. The standard InChI is InChI=1S/C19H19FN2O5S/c1-28(25,26)16-8-4-13(5-9-16)10-21-18(23)17-12-27-19(24)22(17)11-14-2-6-15(20)7-3-14/h2-9,17H,10-12H2,1H3,(H,21,23)/t17-/m0/s1. The number of cyclic esters (lactones) is 1. The molecule has 3 rings (SSSR count). The molecule has 1 N–H and O–H groups in total. The van der Waals surface area contributed by atoms with Crippen molar-refractivity contribution in [2.75, 3.05) is 12.9 Å². The van der Waals surface area contributed by atoms with Crippen molar-refractivity contribution in [2.45, 2.75) is 24.0 Å². The zero-order valence-corrected chi connectivity index (χ0v) is 15.9. The van der Waals surface area contributed by atoms with Gasteiger partial charge in [-0.2, -0.15) is 0 Å². The molecule has 2 aromatic carbocycles. The Kier molecular flexibility index (Phi) is 5.64. The summed E-state index contributed by atoms with van der Waals surface area (Å²) in [6, 6.07) is 11.0. The number of ether oxygens (including phenoxy) is 1. The molecular formula is C19H19FN2O5S. The van der Waals surface area contributed by atoms with Gasteiger partial charge in [-0.1, -0.05) is 24.3 Å². The van der Waals surface area contributed by atoms with Gasteiger partial charge in [0, 0.05) is 12.8 Å². The fourth-order valence-corrected chi connectivity index (χ4v) is 3.42. The Balaban J connectivity index is 1.62. The van der Waals surface area contributed by atoms with Gasteiger partial charge in [0.05, 0.1) is 11.4 Å². The summed E-state index contributed by atoms with van der Waals surface area (Å²) in [5, 5.41) is 2.72. The first-order valence-corrected chi connectivity index (χ1v) is 10.4. The fraction of sp³-hybridized carbons (Fsp3) is 0.263. The van der Waals surface area contributed by atoms with Crippen molar-refractivity contribution >= 4 is 21.8 Å². The first-order valence-electron chi connectivity index (χ1n) is 8.48. The second-order valence-electron chi connectivity index (χ2n) is 6.48. The maximum Gasteiger partial charge on any atom is 0.410 e. The van der Waals surface area contributed by atoms with E-state index < -0.39 is 22.0 Å². The van der Waals surface area contributed by atoms with Gasteiger partial charge in [0.1, 0.15) is 18.5 Å². The lowest BCUT2D eigenvalue weighted by atomic mass is 10.1. The maximum absolute atomic E-state index is 13.0. The molecule has 0 bridgehead atoms. The van der Waals surface area contributed by atoms with Gasteiger partial charge >= 0.3 is 6.09 Å². The van der Waals surface area contributed by atoms with Gasteiger partial charge in [-0.15, -0.1) is 0 Å². The van der Waals surface area contributed by atoms with E-state index in [1.165, 1.54) is 29.2 Å². The summed E-state index contributed by atoms with van der Waals surface area (Å²) in [4.78, 5) is 25.9. The summed E-state index contributed by atoms with van der Waals surface area (Å²) < 4.78 is 41.0. The van der Waals surface area contributed by atoms with E-state index in [1.54, 1.807) is 24.3 Å². The average Bonchev–Trinajstić information content (AvgIpc) is 3.02. The van der Waals surface area contributed by atoms with Crippen LogP contribution in [0.2, 0.25) is 0 Å². The molecule has 1 aliphatic heterocycles. The van der Waals surface area contributed by atoms with Crippen LogP contribution in [-0.4, -0.2) is 44.2 Å². The number of nitrogens with one attached hydrogen (secondary N) is 1. The van der Waals surface area contributed by atoms with Crippen LogP contribution in [0, 0.1) is 5.82 Å². The van der Waals surface area contributed by atoms with Gasteiger partial charge in [0.15, 0.2) is 9.84 Å². The largest absolute Gasteiger partial charge is 0.447 e. The van der Waals surface area contributed by atoms with Crippen LogP contribution in [-0.2, 0) is 32.5 Å². The fourth-order valence-electron chi connectivity index (χ4n) is 2.79. The third-order valence-electron chi connectivity index (χ3n) is 4.36. The van der Waals surface area contributed by atoms with Gasteiger partial charge in [0.2, 0.25) is 5.91 Å². The summed E-state index contributed by atoms with van der Waals surface area (Å²) in [5.41, 5.74) is 1.39. The molecule has 0 spiro atoms. The molecule has 0 unspecified atom stereocenters. The molecule has 28 heavy (non-hydrogen) atoms. The third-order valence-corrected chi connectivity index (χ3v) is 5.49. The Labute approximate surface area is 162 Å². The zero-order valence-electron chi connectivity index (χ0n) is 15.1. The molecule has 9 heteroatoms. The number of nitrogens with zero attached hydrogens (tertiary/aromatic N) is 1. The number of benzene rings is 2. The molecule has 1 heterocycles. The topological polar surface area (TPSA) is 92.8 Å². The summed E-state index contributed by atoms with van der Waals surface area (Å²) in [6.07, 6.45) is 0.512. The lowest BCUT2D eigenvalue weighted by Gasteiger charge is -2.21. The van der Waals surface area contributed by atoms with Crippen LogP contribution in [0.5, 0.6) is 0 Å². The van der Waals surface area contributed by atoms with Crippen molar-refractivity contribution in [1.29, 1.82) is 0 Å². The number of sulfone groups is 1. The van der Waals surface area contributed by atoms with Gasteiger partial charge in [0.25, 0.3) is 0 Å². The number of hydrogen-bond acceptors (Lipinski definition) is 5. The number of carbonyl (C=O) groups excluding carboxylic acids is 2. The molecule has 1 saturated heterocycles. The Morgan fingerprint density at radius 2 is 1.75 bits per heavy atom. The highest BCUT2D eigenvalue weighted by Gasteiger charge is 2.37. The van der Waals surface area contributed by atoms with Crippen LogP contribution < -0.4 is 5.32 Å². The van der Waals surface area contributed by atoms with E-state index >= 15 is 0 Å². The quantitative estimate of drug-likeness (QED) is 0.791. The number of carbonyl (C=O) groups is 2. The van der Waals surface area contributed by atoms with E-state index in [4.69, 9.17) is 4.74 Å². The first-order chi connectivity index (χ1) is 13.2. The number of hydrogen-bond donors (Lipinski definition) is 1. The molecule has 0 saturated carbocycles. The Hall–Kier alpha value is -2.94. The molecule has 2 aromatic rings. The van der Waals surface area contributed by atoms with Gasteiger partial charge < -0.3 is 10.1 Å². The minimum Gasteiger partial charge on any atom is -0.447 e. The summed E-state index contributed by atoms with van der Waals surface area (Å²) in [5.74, 6) is -0.774. The van der Waals surface area contributed by atoms with Crippen molar-refractivity contribution < 1.29 is 27.1 Å². The van der Waals surface area contributed by atoms with E-state index in [-0.39, 0.29) is 36.3 Å². The monoisotopic (exact) mass is 406 g/mol. The summed E-state index contributed by atoms with van der Waals surface area (Å²) in [7, 11) is -3.28. The lowest BCUT2D eigenvalue weighted by Crippen LogP contribution is -2.45. The molecule has 1 aliphatic rings. The van der Waals surface area contributed by atoms with Gasteiger partial charge in [-0.05, 0) is 35.4 Å². The molecule has 0 aromatic heterocycles. The van der Waals surface area contributed by atoms with Crippen molar-refractivity contribution in [2.24, 2.45) is 0 Å². The van der Waals surface area contributed by atoms with Gasteiger partial charge in [-0.25, -0.2) is 17.6 Å². The number of halogens is 1. The maximum atomic E-state index is 13.0. The molecule has 0 radical (unpaired) electrons. The van der Waals surface area contributed by atoms with Crippen LogP contribution in [0.3, 0.4) is 0 Å². The predicted molar refractivity (Wildman–Crippen MR) is 98.5 cm³/mol. The smallest absolute Gasteiger partial charge is 0.410 e. The minimum absolute atomic E-state index is 0.0706.